The summed E-state index contributed by atoms with van der Waals surface area (Å²) in [6.45, 7) is 15.1. The minimum Gasteiger partial charge on any atom is -0.493 e. The predicted molar refractivity (Wildman–Crippen MR) is 87.7 cm³/mol. The first-order chi connectivity index (χ1) is 9.30. The Labute approximate surface area is 124 Å². The molecule has 0 bridgehead atoms. The molecule has 1 aromatic rings. The van der Waals surface area contributed by atoms with Gasteiger partial charge in [0.15, 0.2) is 0 Å². The highest BCUT2D eigenvalue weighted by atomic mass is 16.5. The molecule has 0 heterocycles. The first-order valence-electron chi connectivity index (χ1n) is 7.78. The van der Waals surface area contributed by atoms with Gasteiger partial charge < -0.3 is 10.1 Å². The summed E-state index contributed by atoms with van der Waals surface area (Å²) < 4.78 is 5.88. The molecule has 20 heavy (non-hydrogen) atoms. The lowest BCUT2D eigenvalue weighted by atomic mass is 9.86. The van der Waals surface area contributed by atoms with Crippen molar-refractivity contribution in [3.63, 3.8) is 0 Å². The molecule has 0 fully saturated rings. The molecule has 0 aliphatic heterocycles. The first-order valence-corrected chi connectivity index (χ1v) is 7.78. The summed E-state index contributed by atoms with van der Waals surface area (Å²) in [4.78, 5) is 0. The summed E-state index contributed by atoms with van der Waals surface area (Å²) >= 11 is 0. The minimum atomic E-state index is 0.200. The standard InChI is InChI=1S/C18H31NO/c1-14(2)19-11-7-8-12-20-17-10-9-16(13-15(17)3)18(4,5)6/h9-10,13-14,19H,7-8,11-12H2,1-6H3. The fraction of sp³-hybridized carbons (Fsp3) is 0.667. The van der Waals surface area contributed by atoms with Gasteiger partial charge in [-0.15, -0.1) is 0 Å². The number of rotatable bonds is 7. The van der Waals surface area contributed by atoms with E-state index in [1.54, 1.807) is 0 Å². The van der Waals surface area contributed by atoms with Crippen LogP contribution in [0.4, 0.5) is 0 Å². The number of ether oxygens (including phenoxy) is 1. The molecule has 0 saturated heterocycles. The Bertz CT molecular complexity index is 404. The molecule has 1 aromatic carbocycles. The second-order valence-corrected chi connectivity index (χ2v) is 6.89. The molecule has 0 amide bonds. The Balaban J connectivity index is 2.38. The van der Waals surface area contributed by atoms with E-state index < -0.39 is 0 Å². The van der Waals surface area contributed by atoms with E-state index in [4.69, 9.17) is 4.74 Å². The fourth-order valence-electron chi connectivity index (χ4n) is 2.08. The van der Waals surface area contributed by atoms with Crippen molar-refractivity contribution >= 4 is 0 Å². The Morgan fingerprint density at radius 3 is 2.40 bits per heavy atom. The van der Waals surface area contributed by atoms with Crippen LogP contribution in [0.5, 0.6) is 5.75 Å². The maximum absolute atomic E-state index is 5.88. The lowest BCUT2D eigenvalue weighted by molar-refractivity contribution is 0.303. The molecule has 1 rings (SSSR count). The topological polar surface area (TPSA) is 21.3 Å². The van der Waals surface area contributed by atoms with E-state index in [1.165, 1.54) is 11.1 Å². The fourth-order valence-corrected chi connectivity index (χ4v) is 2.08. The highest BCUT2D eigenvalue weighted by Crippen LogP contribution is 2.27. The van der Waals surface area contributed by atoms with Gasteiger partial charge >= 0.3 is 0 Å². The third kappa shape index (κ3) is 5.96. The number of aryl methyl sites for hydroxylation is 1. The van der Waals surface area contributed by atoms with Crippen molar-refractivity contribution in [1.82, 2.24) is 5.32 Å². The van der Waals surface area contributed by atoms with E-state index in [9.17, 15) is 0 Å². The van der Waals surface area contributed by atoms with Crippen molar-refractivity contribution < 1.29 is 4.74 Å². The molecule has 2 nitrogen and oxygen atoms in total. The molecule has 0 aromatic heterocycles. The van der Waals surface area contributed by atoms with Gasteiger partial charge in [0.05, 0.1) is 6.61 Å². The van der Waals surface area contributed by atoms with Crippen molar-refractivity contribution in [3.8, 4) is 5.75 Å². The maximum atomic E-state index is 5.88. The van der Waals surface area contributed by atoms with Crippen molar-refractivity contribution in [1.29, 1.82) is 0 Å². The number of nitrogens with one attached hydrogen (secondary N) is 1. The summed E-state index contributed by atoms with van der Waals surface area (Å²) in [5.74, 6) is 1.02. The zero-order valence-corrected chi connectivity index (χ0v) is 14.0. The molecule has 0 spiro atoms. The van der Waals surface area contributed by atoms with Crippen LogP contribution in [0.25, 0.3) is 0 Å². The van der Waals surface area contributed by atoms with Crippen molar-refractivity contribution in [2.75, 3.05) is 13.2 Å². The summed E-state index contributed by atoms with van der Waals surface area (Å²) in [6.07, 6.45) is 2.26. The van der Waals surface area contributed by atoms with Crippen LogP contribution < -0.4 is 10.1 Å². The lowest BCUT2D eigenvalue weighted by Crippen LogP contribution is -2.23. The van der Waals surface area contributed by atoms with Crippen molar-refractivity contribution in [2.45, 2.75) is 65.8 Å². The van der Waals surface area contributed by atoms with E-state index in [0.29, 0.717) is 6.04 Å². The molecular weight excluding hydrogens is 246 g/mol. The molecule has 2 heteroatoms. The van der Waals surface area contributed by atoms with Gasteiger partial charge in [0, 0.05) is 6.04 Å². The van der Waals surface area contributed by atoms with Gasteiger partial charge in [-0.05, 0) is 48.9 Å². The average Bonchev–Trinajstić information content (AvgIpc) is 2.33. The van der Waals surface area contributed by atoms with Gasteiger partial charge in [-0.2, -0.15) is 0 Å². The maximum Gasteiger partial charge on any atom is 0.122 e. The van der Waals surface area contributed by atoms with Crippen LogP contribution in [0.15, 0.2) is 18.2 Å². The quantitative estimate of drug-likeness (QED) is 0.743. The van der Waals surface area contributed by atoms with Crippen LogP contribution in [-0.4, -0.2) is 19.2 Å². The molecule has 0 atom stereocenters. The molecule has 0 unspecified atom stereocenters. The molecule has 0 aliphatic rings. The smallest absolute Gasteiger partial charge is 0.122 e. The lowest BCUT2D eigenvalue weighted by Gasteiger charge is -2.20. The Morgan fingerprint density at radius 2 is 1.85 bits per heavy atom. The van der Waals surface area contributed by atoms with E-state index in [0.717, 1.165) is 31.7 Å². The van der Waals surface area contributed by atoms with Crippen LogP contribution in [0.2, 0.25) is 0 Å². The van der Waals surface area contributed by atoms with Crippen LogP contribution in [0.1, 0.15) is 58.6 Å². The van der Waals surface area contributed by atoms with E-state index >= 15 is 0 Å². The Morgan fingerprint density at radius 1 is 1.15 bits per heavy atom. The average molecular weight is 277 g/mol. The molecule has 1 N–H and O–H groups in total. The normalized spacial score (nSPS) is 11.9. The van der Waals surface area contributed by atoms with Crippen molar-refractivity contribution in [2.24, 2.45) is 0 Å². The van der Waals surface area contributed by atoms with Gasteiger partial charge in [-0.3, -0.25) is 0 Å². The van der Waals surface area contributed by atoms with E-state index in [1.807, 2.05) is 0 Å². The second-order valence-electron chi connectivity index (χ2n) is 6.89. The van der Waals surface area contributed by atoms with Crippen LogP contribution in [0, 0.1) is 6.92 Å². The highest BCUT2D eigenvalue weighted by Gasteiger charge is 2.14. The molecule has 0 saturated carbocycles. The van der Waals surface area contributed by atoms with Crippen LogP contribution in [-0.2, 0) is 5.41 Å². The summed E-state index contributed by atoms with van der Waals surface area (Å²) in [7, 11) is 0. The van der Waals surface area contributed by atoms with Crippen LogP contribution >= 0.6 is 0 Å². The van der Waals surface area contributed by atoms with Gasteiger partial charge in [0.1, 0.15) is 5.75 Å². The largest absolute Gasteiger partial charge is 0.493 e. The van der Waals surface area contributed by atoms with Gasteiger partial charge in [0.25, 0.3) is 0 Å². The SMILES string of the molecule is Cc1cc(C(C)(C)C)ccc1OCCCCNC(C)C. The molecule has 114 valence electrons. The summed E-state index contributed by atoms with van der Waals surface area (Å²) in [6, 6.07) is 7.11. The van der Waals surface area contributed by atoms with Gasteiger partial charge in [0.2, 0.25) is 0 Å². The third-order valence-corrected chi connectivity index (χ3v) is 3.42. The third-order valence-electron chi connectivity index (χ3n) is 3.42. The van der Waals surface area contributed by atoms with Crippen LogP contribution in [0.3, 0.4) is 0 Å². The van der Waals surface area contributed by atoms with E-state index in [2.05, 4.69) is 65.1 Å². The Hall–Kier alpha value is -1.02. The monoisotopic (exact) mass is 277 g/mol. The number of hydrogen-bond acceptors (Lipinski definition) is 2. The minimum absolute atomic E-state index is 0.200. The number of benzene rings is 1. The van der Waals surface area contributed by atoms with E-state index in [-0.39, 0.29) is 5.41 Å². The molecular formula is C18H31NO. The summed E-state index contributed by atoms with van der Waals surface area (Å²) in [5.41, 5.74) is 2.80. The van der Waals surface area contributed by atoms with Crippen molar-refractivity contribution in [3.05, 3.63) is 29.3 Å². The zero-order chi connectivity index (χ0) is 15.2. The predicted octanol–water partition coefficient (Wildman–Crippen LogP) is 4.45. The second kappa shape index (κ2) is 7.68. The Kier molecular flexibility index (Phi) is 6.54. The first kappa shape index (κ1) is 17.0. The highest BCUT2D eigenvalue weighted by molar-refractivity contribution is 5.38. The summed E-state index contributed by atoms with van der Waals surface area (Å²) in [5, 5.41) is 3.42. The van der Waals surface area contributed by atoms with Gasteiger partial charge in [-0.1, -0.05) is 46.8 Å². The molecule has 0 radical (unpaired) electrons. The number of hydrogen-bond donors (Lipinski definition) is 1. The number of unbranched alkanes of at least 4 members (excludes halogenated alkanes) is 1. The van der Waals surface area contributed by atoms with Gasteiger partial charge in [-0.25, -0.2) is 0 Å². The molecule has 0 aliphatic carbocycles. The zero-order valence-electron chi connectivity index (χ0n) is 14.0.